The number of benzene rings is 1. The summed E-state index contributed by atoms with van der Waals surface area (Å²) in [5.74, 6) is 1.79. The lowest BCUT2D eigenvalue weighted by molar-refractivity contribution is 0.104. The molecule has 0 aliphatic rings. The van der Waals surface area contributed by atoms with Crippen molar-refractivity contribution in [1.82, 2.24) is 15.5 Å². The summed E-state index contributed by atoms with van der Waals surface area (Å²) in [6.07, 6.45) is -0.535. The second kappa shape index (κ2) is 7.19. The van der Waals surface area contributed by atoms with Gasteiger partial charge < -0.3 is 19.7 Å². The van der Waals surface area contributed by atoms with Gasteiger partial charge in [0.1, 0.15) is 18.5 Å². The molecule has 1 unspecified atom stereocenters. The van der Waals surface area contributed by atoms with E-state index in [9.17, 15) is 5.11 Å². The highest BCUT2D eigenvalue weighted by Gasteiger charge is 2.08. The summed E-state index contributed by atoms with van der Waals surface area (Å²) in [6, 6.07) is 7.71. The molecule has 1 atom stereocenters. The van der Waals surface area contributed by atoms with E-state index in [-0.39, 0.29) is 6.61 Å². The van der Waals surface area contributed by atoms with Crippen molar-refractivity contribution in [2.45, 2.75) is 32.9 Å². The fourth-order valence-corrected chi connectivity index (χ4v) is 1.74. The van der Waals surface area contributed by atoms with Crippen LogP contribution in [-0.4, -0.2) is 40.5 Å². The number of aliphatic hydroxyl groups is 1. The Balaban J connectivity index is 1.85. The lowest BCUT2D eigenvalue weighted by Gasteiger charge is -2.15. The van der Waals surface area contributed by atoms with Gasteiger partial charge in [0.25, 0.3) is 0 Å². The van der Waals surface area contributed by atoms with E-state index in [0.29, 0.717) is 30.1 Å². The highest BCUT2D eigenvalue weighted by atomic mass is 16.5. The molecule has 0 aliphatic carbocycles. The van der Waals surface area contributed by atoms with Crippen molar-refractivity contribution < 1.29 is 14.4 Å². The summed E-state index contributed by atoms with van der Waals surface area (Å²) < 4.78 is 10.5. The van der Waals surface area contributed by atoms with Gasteiger partial charge in [-0.25, -0.2) is 0 Å². The first-order chi connectivity index (χ1) is 10.0. The molecule has 0 saturated heterocycles. The van der Waals surface area contributed by atoms with Gasteiger partial charge >= 0.3 is 0 Å². The zero-order chi connectivity index (χ0) is 15.2. The van der Waals surface area contributed by atoms with Gasteiger partial charge in [0.15, 0.2) is 0 Å². The summed E-state index contributed by atoms with van der Waals surface area (Å²) in [5.41, 5.74) is 0.862. The predicted octanol–water partition coefficient (Wildman–Crippen LogP) is 1.78. The van der Waals surface area contributed by atoms with Crippen LogP contribution in [0.25, 0.3) is 11.4 Å². The zero-order valence-electron chi connectivity index (χ0n) is 12.5. The Morgan fingerprint density at radius 3 is 2.57 bits per heavy atom. The van der Waals surface area contributed by atoms with Crippen LogP contribution in [0.15, 0.2) is 28.8 Å². The average Bonchev–Trinajstić information content (AvgIpc) is 2.90. The van der Waals surface area contributed by atoms with Crippen LogP contribution in [0.3, 0.4) is 0 Å². The van der Waals surface area contributed by atoms with E-state index in [1.807, 2.05) is 38.1 Å². The first kappa shape index (κ1) is 15.5. The van der Waals surface area contributed by atoms with Crippen molar-refractivity contribution in [3.63, 3.8) is 0 Å². The molecule has 6 nitrogen and oxygen atoms in total. The van der Waals surface area contributed by atoms with Crippen molar-refractivity contribution in [2.24, 2.45) is 0 Å². The number of hydrogen-bond donors (Lipinski definition) is 2. The van der Waals surface area contributed by atoms with Crippen LogP contribution in [0, 0.1) is 6.92 Å². The predicted molar refractivity (Wildman–Crippen MR) is 79.1 cm³/mol. The number of rotatable bonds is 7. The SMILES string of the molecule is Cc1nc(-c2ccc(OCC(O)CNC(C)C)cc2)no1. The van der Waals surface area contributed by atoms with Crippen molar-refractivity contribution in [3.8, 4) is 17.1 Å². The normalized spacial score (nSPS) is 12.6. The van der Waals surface area contributed by atoms with Crippen molar-refractivity contribution in [3.05, 3.63) is 30.2 Å². The number of aromatic nitrogens is 2. The lowest BCUT2D eigenvalue weighted by Crippen LogP contribution is -2.35. The standard InChI is InChI=1S/C15H21N3O3/c1-10(2)16-8-13(19)9-20-14-6-4-12(5-7-14)15-17-11(3)21-18-15/h4-7,10,13,16,19H,8-9H2,1-3H3. The van der Waals surface area contributed by atoms with E-state index < -0.39 is 6.10 Å². The monoisotopic (exact) mass is 291 g/mol. The molecular weight excluding hydrogens is 270 g/mol. The summed E-state index contributed by atoms with van der Waals surface area (Å²) in [7, 11) is 0. The molecule has 2 N–H and O–H groups in total. The minimum Gasteiger partial charge on any atom is -0.491 e. The third kappa shape index (κ3) is 4.84. The fraction of sp³-hybridized carbons (Fsp3) is 0.467. The Kier molecular flexibility index (Phi) is 5.30. The third-order valence-electron chi connectivity index (χ3n) is 2.84. The largest absolute Gasteiger partial charge is 0.491 e. The smallest absolute Gasteiger partial charge is 0.223 e. The third-order valence-corrected chi connectivity index (χ3v) is 2.84. The number of nitrogens with zero attached hydrogens (tertiary/aromatic N) is 2. The quantitative estimate of drug-likeness (QED) is 0.809. The Labute approximate surface area is 124 Å². The first-order valence-electron chi connectivity index (χ1n) is 6.99. The molecule has 0 saturated carbocycles. The van der Waals surface area contributed by atoms with Crippen molar-refractivity contribution in [1.29, 1.82) is 0 Å². The molecule has 1 heterocycles. The molecule has 114 valence electrons. The van der Waals surface area contributed by atoms with Crippen LogP contribution in [0.4, 0.5) is 0 Å². The van der Waals surface area contributed by atoms with Crippen LogP contribution in [0.1, 0.15) is 19.7 Å². The summed E-state index contributed by atoms with van der Waals surface area (Å²) >= 11 is 0. The first-order valence-corrected chi connectivity index (χ1v) is 6.99. The minimum absolute atomic E-state index is 0.250. The van der Waals surface area contributed by atoms with E-state index in [0.717, 1.165) is 5.56 Å². The Hall–Kier alpha value is -1.92. The molecular formula is C15H21N3O3. The minimum atomic E-state index is -0.535. The number of aryl methyl sites for hydroxylation is 1. The Morgan fingerprint density at radius 2 is 2.00 bits per heavy atom. The van der Waals surface area contributed by atoms with E-state index in [2.05, 4.69) is 15.5 Å². The lowest BCUT2D eigenvalue weighted by atomic mass is 10.2. The number of aliphatic hydroxyl groups excluding tert-OH is 1. The topological polar surface area (TPSA) is 80.4 Å². The van der Waals surface area contributed by atoms with Crippen molar-refractivity contribution in [2.75, 3.05) is 13.2 Å². The fourth-order valence-electron chi connectivity index (χ4n) is 1.74. The molecule has 6 heteroatoms. The molecule has 1 aromatic carbocycles. The molecule has 21 heavy (non-hydrogen) atoms. The molecule has 0 fully saturated rings. The van der Waals surface area contributed by atoms with Gasteiger partial charge in [0.2, 0.25) is 11.7 Å². The number of hydrogen-bond acceptors (Lipinski definition) is 6. The van der Waals surface area contributed by atoms with Crippen LogP contribution in [-0.2, 0) is 0 Å². The summed E-state index contributed by atoms with van der Waals surface area (Å²) in [6.45, 7) is 6.58. The molecule has 0 radical (unpaired) electrons. The van der Waals surface area contributed by atoms with E-state index in [1.165, 1.54) is 0 Å². The average molecular weight is 291 g/mol. The van der Waals surface area contributed by atoms with Gasteiger partial charge in [-0.05, 0) is 24.3 Å². The molecule has 0 aliphatic heterocycles. The van der Waals surface area contributed by atoms with Crippen LogP contribution >= 0.6 is 0 Å². The molecule has 2 aromatic rings. The second-order valence-electron chi connectivity index (χ2n) is 5.19. The summed E-state index contributed by atoms with van der Waals surface area (Å²) in [5, 5.41) is 16.8. The van der Waals surface area contributed by atoms with Crippen LogP contribution < -0.4 is 10.1 Å². The van der Waals surface area contributed by atoms with Gasteiger partial charge in [-0.15, -0.1) is 0 Å². The zero-order valence-corrected chi connectivity index (χ0v) is 12.5. The van der Waals surface area contributed by atoms with Crippen LogP contribution in [0.5, 0.6) is 5.75 Å². The maximum absolute atomic E-state index is 9.77. The molecule has 1 aromatic heterocycles. The van der Waals surface area contributed by atoms with Gasteiger partial charge in [-0.1, -0.05) is 19.0 Å². The maximum atomic E-state index is 9.77. The van der Waals surface area contributed by atoms with Gasteiger partial charge in [0.05, 0.1) is 0 Å². The Bertz CT molecular complexity index is 552. The number of ether oxygens (including phenoxy) is 1. The van der Waals surface area contributed by atoms with Gasteiger partial charge in [-0.2, -0.15) is 4.98 Å². The number of nitrogens with one attached hydrogen (secondary N) is 1. The molecule has 0 bridgehead atoms. The highest BCUT2D eigenvalue weighted by Crippen LogP contribution is 2.19. The molecule has 0 spiro atoms. The molecule has 0 amide bonds. The van der Waals surface area contributed by atoms with E-state index >= 15 is 0 Å². The molecule has 2 rings (SSSR count). The van der Waals surface area contributed by atoms with Crippen LogP contribution in [0.2, 0.25) is 0 Å². The summed E-state index contributed by atoms with van der Waals surface area (Å²) in [4.78, 5) is 4.16. The Morgan fingerprint density at radius 1 is 1.29 bits per heavy atom. The van der Waals surface area contributed by atoms with Crippen molar-refractivity contribution >= 4 is 0 Å². The van der Waals surface area contributed by atoms with E-state index in [1.54, 1.807) is 6.92 Å². The maximum Gasteiger partial charge on any atom is 0.223 e. The van der Waals surface area contributed by atoms with E-state index in [4.69, 9.17) is 9.26 Å². The highest BCUT2D eigenvalue weighted by molar-refractivity contribution is 5.55. The van der Waals surface area contributed by atoms with Gasteiger partial charge in [-0.3, -0.25) is 0 Å². The second-order valence-corrected chi connectivity index (χ2v) is 5.19. The van der Waals surface area contributed by atoms with Gasteiger partial charge in [0, 0.05) is 25.1 Å².